The van der Waals surface area contributed by atoms with Gasteiger partial charge in [-0.15, -0.1) is 0 Å². The molecular weight excluding hydrogens is 176 g/mol. The average Bonchev–Trinajstić information content (AvgIpc) is 2.02. The van der Waals surface area contributed by atoms with E-state index in [1.807, 2.05) is 0 Å². The molecule has 2 nitrogen and oxygen atoms in total. The molecule has 0 bridgehead atoms. The zero-order valence-electron chi connectivity index (χ0n) is 6.89. The molecule has 1 aliphatic rings. The van der Waals surface area contributed by atoms with Gasteiger partial charge in [0.2, 0.25) is 0 Å². The summed E-state index contributed by atoms with van der Waals surface area (Å²) in [4.78, 5) is 0. The number of ether oxygens (including phenoxy) is 1. The lowest BCUT2D eigenvalue weighted by molar-refractivity contribution is 0.249. The van der Waals surface area contributed by atoms with E-state index in [2.05, 4.69) is 0 Å². The van der Waals surface area contributed by atoms with E-state index in [0.29, 0.717) is 12.0 Å². The Bertz CT molecular complexity index is 341. The number of rotatable bonds is 0. The lowest BCUT2D eigenvalue weighted by atomic mass is 10.0. The standard InChI is InChI=1S/C9H9F2NO/c10-6-1-5-2-7(12)4-13-9(5)8(11)3-6/h1,3,7H,2,4,12H2/t7-/m1/s1. The Labute approximate surface area is 74.3 Å². The molecule has 1 aliphatic heterocycles. The molecule has 1 heterocycles. The predicted octanol–water partition coefficient (Wildman–Crippen LogP) is 1.23. The Balaban J connectivity index is 2.47. The van der Waals surface area contributed by atoms with Crippen LogP contribution >= 0.6 is 0 Å². The Hall–Kier alpha value is -1.16. The van der Waals surface area contributed by atoms with Crippen LogP contribution < -0.4 is 10.5 Å². The molecule has 2 rings (SSSR count). The third kappa shape index (κ3) is 1.49. The smallest absolute Gasteiger partial charge is 0.168 e. The van der Waals surface area contributed by atoms with Crippen LogP contribution in [0.4, 0.5) is 8.78 Å². The molecule has 0 spiro atoms. The van der Waals surface area contributed by atoms with E-state index in [0.717, 1.165) is 6.07 Å². The molecule has 0 saturated heterocycles. The first-order valence-electron chi connectivity index (χ1n) is 4.03. The first-order chi connectivity index (χ1) is 6.16. The quantitative estimate of drug-likeness (QED) is 0.659. The summed E-state index contributed by atoms with van der Waals surface area (Å²) in [5.41, 5.74) is 6.09. The summed E-state index contributed by atoms with van der Waals surface area (Å²) >= 11 is 0. The number of hydrogen-bond acceptors (Lipinski definition) is 2. The van der Waals surface area contributed by atoms with Crippen molar-refractivity contribution in [1.82, 2.24) is 0 Å². The number of hydrogen-bond donors (Lipinski definition) is 1. The molecule has 13 heavy (non-hydrogen) atoms. The third-order valence-electron chi connectivity index (χ3n) is 2.01. The van der Waals surface area contributed by atoms with Gasteiger partial charge in [0, 0.05) is 17.7 Å². The number of nitrogens with two attached hydrogens (primary N) is 1. The summed E-state index contributed by atoms with van der Waals surface area (Å²) in [6, 6.07) is 1.90. The first-order valence-corrected chi connectivity index (χ1v) is 4.03. The summed E-state index contributed by atoms with van der Waals surface area (Å²) < 4.78 is 30.9. The first kappa shape index (κ1) is 8.44. The van der Waals surface area contributed by atoms with Crippen molar-refractivity contribution in [2.75, 3.05) is 6.61 Å². The van der Waals surface area contributed by atoms with E-state index < -0.39 is 11.6 Å². The van der Waals surface area contributed by atoms with Crippen molar-refractivity contribution in [1.29, 1.82) is 0 Å². The molecule has 70 valence electrons. The summed E-state index contributed by atoms with van der Waals surface area (Å²) in [7, 11) is 0. The Morgan fingerprint density at radius 3 is 2.92 bits per heavy atom. The Kier molecular flexibility index (Phi) is 1.92. The van der Waals surface area contributed by atoms with Gasteiger partial charge in [-0.1, -0.05) is 0 Å². The summed E-state index contributed by atoms with van der Waals surface area (Å²) in [5, 5.41) is 0. The second kappa shape index (κ2) is 2.96. The van der Waals surface area contributed by atoms with Gasteiger partial charge in [-0.05, 0) is 12.5 Å². The third-order valence-corrected chi connectivity index (χ3v) is 2.01. The maximum atomic E-state index is 13.1. The van der Waals surface area contributed by atoms with Crippen LogP contribution in [-0.4, -0.2) is 12.6 Å². The fourth-order valence-corrected chi connectivity index (χ4v) is 1.46. The minimum atomic E-state index is -0.651. The van der Waals surface area contributed by atoms with Crippen molar-refractivity contribution < 1.29 is 13.5 Å². The molecule has 0 fully saturated rings. The zero-order valence-corrected chi connectivity index (χ0v) is 6.89. The molecule has 0 aromatic heterocycles. The predicted molar refractivity (Wildman–Crippen MR) is 43.5 cm³/mol. The van der Waals surface area contributed by atoms with Gasteiger partial charge in [0.15, 0.2) is 11.6 Å². The molecular formula is C9H9F2NO. The molecule has 1 aromatic rings. The van der Waals surface area contributed by atoms with Gasteiger partial charge in [-0.3, -0.25) is 0 Å². The number of benzene rings is 1. The molecule has 4 heteroatoms. The Morgan fingerprint density at radius 1 is 1.38 bits per heavy atom. The maximum Gasteiger partial charge on any atom is 0.168 e. The monoisotopic (exact) mass is 185 g/mol. The van der Waals surface area contributed by atoms with Crippen molar-refractivity contribution in [3.63, 3.8) is 0 Å². The van der Waals surface area contributed by atoms with Crippen molar-refractivity contribution >= 4 is 0 Å². The lowest BCUT2D eigenvalue weighted by Crippen LogP contribution is -2.34. The highest BCUT2D eigenvalue weighted by Gasteiger charge is 2.20. The molecule has 0 amide bonds. The van der Waals surface area contributed by atoms with Gasteiger partial charge in [-0.25, -0.2) is 8.78 Å². The fourth-order valence-electron chi connectivity index (χ4n) is 1.46. The molecule has 2 N–H and O–H groups in total. The van der Waals surface area contributed by atoms with Crippen LogP contribution in [0.2, 0.25) is 0 Å². The van der Waals surface area contributed by atoms with Crippen molar-refractivity contribution in [2.45, 2.75) is 12.5 Å². The SMILES string of the molecule is N[C@H]1COc2c(F)cc(F)cc2C1. The number of halogens is 2. The second-order valence-electron chi connectivity index (χ2n) is 3.15. The largest absolute Gasteiger partial charge is 0.489 e. The maximum absolute atomic E-state index is 13.1. The van der Waals surface area contributed by atoms with Gasteiger partial charge in [0.25, 0.3) is 0 Å². The molecule has 1 atom stereocenters. The molecule has 0 saturated carbocycles. The molecule has 0 unspecified atom stereocenters. The summed E-state index contributed by atoms with van der Waals surface area (Å²) in [5.74, 6) is -1.10. The van der Waals surface area contributed by atoms with Gasteiger partial charge < -0.3 is 10.5 Å². The number of fused-ring (bicyclic) bond motifs is 1. The average molecular weight is 185 g/mol. The van der Waals surface area contributed by atoms with Gasteiger partial charge in [0.05, 0.1) is 0 Å². The van der Waals surface area contributed by atoms with Crippen LogP contribution in [0.25, 0.3) is 0 Å². The van der Waals surface area contributed by atoms with E-state index >= 15 is 0 Å². The van der Waals surface area contributed by atoms with Crippen molar-refractivity contribution in [2.24, 2.45) is 5.73 Å². The van der Waals surface area contributed by atoms with Crippen LogP contribution in [0.3, 0.4) is 0 Å². The topological polar surface area (TPSA) is 35.2 Å². The van der Waals surface area contributed by atoms with E-state index in [1.54, 1.807) is 0 Å². The highest BCUT2D eigenvalue weighted by atomic mass is 19.1. The summed E-state index contributed by atoms with van der Waals surface area (Å²) in [6.45, 7) is 0.287. The van der Waals surface area contributed by atoms with Crippen LogP contribution in [0.15, 0.2) is 12.1 Å². The zero-order chi connectivity index (χ0) is 9.42. The second-order valence-corrected chi connectivity index (χ2v) is 3.15. The molecule has 0 radical (unpaired) electrons. The molecule has 0 aliphatic carbocycles. The van der Waals surface area contributed by atoms with E-state index in [9.17, 15) is 8.78 Å². The highest BCUT2D eigenvalue weighted by Crippen LogP contribution is 2.28. The van der Waals surface area contributed by atoms with Crippen molar-refractivity contribution in [3.8, 4) is 5.75 Å². The van der Waals surface area contributed by atoms with Gasteiger partial charge >= 0.3 is 0 Å². The minimum Gasteiger partial charge on any atom is -0.489 e. The van der Waals surface area contributed by atoms with E-state index in [4.69, 9.17) is 10.5 Å². The lowest BCUT2D eigenvalue weighted by Gasteiger charge is -2.22. The minimum absolute atomic E-state index is 0.142. The van der Waals surface area contributed by atoms with Crippen molar-refractivity contribution in [3.05, 3.63) is 29.3 Å². The normalized spacial score (nSPS) is 20.7. The highest BCUT2D eigenvalue weighted by molar-refractivity contribution is 5.37. The van der Waals surface area contributed by atoms with E-state index in [-0.39, 0.29) is 18.4 Å². The van der Waals surface area contributed by atoms with Crippen LogP contribution in [-0.2, 0) is 6.42 Å². The van der Waals surface area contributed by atoms with Crippen LogP contribution in [0.5, 0.6) is 5.75 Å². The van der Waals surface area contributed by atoms with Crippen LogP contribution in [0.1, 0.15) is 5.56 Å². The van der Waals surface area contributed by atoms with Crippen LogP contribution in [0, 0.1) is 11.6 Å². The molecule has 1 aromatic carbocycles. The summed E-state index contributed by atoms with van der Waals surface area (Å²) in [6.07, 6.45) is 0.462. The fraction of sp³-hybridized carbons (Fsp3) is 0.333. The van der Waals surface area contributed by atoms with E-state index in [1.165, 1.54) is 6.07 Å². The van der Waals surface area contributed by atoms with Gasteiger partial charge in [0.1, 0.15) is 12.4 Å². The Morgan fingerprint density at radius 2 is 2.15 bits per heavy atom. The van der Waals surface area contributed by atoms with Gasteiger partial charge in [-0.2, -0.15) is 0 Å².